The monoisotopic (exact) mass is 190 g/mol. The third kappa shape index (κ3) is 1.11. The van der Waals surface area contributed by atoms with Crippen LogP contribution in [0.5, 0.6) is 0 Å². The molecule has 0 radical (unpaired) electrons. The van der Waals surface area contributed by atoms with Gasteiger partial charge < -0.3 is 9.47 Å². The predicted octanol–water partition coefficient (Wildman–Crippen LogP) is 2.22. The summed E-state index contributed by atoms with van der Waals surface area (Å²) in [6.45, 7) is 2.98. The minimum Gasteiger partial charge on any atom is -0.372 e. The molecular weight excluding hydrogens is 176 g/mol. The van der Waals surface area contributed by atoms with Gasteiger partial charge >= 0.3 is 0 Å². The second kappa shape index (κ2) is 3.07. The Morgan fingerprint density at radius 3 is 2.93 bits per heavy atom. The molecule has 0 N–H and O–H groups in total. The molecule has 0 aromatic heterocycles. The highest BCUT2D eigenvalue weighted by atomic mass is 16.6. The maximum absolute atomic E-state index is 5.80. The summed E-state index contributed by atoms with van der Waals surface area (Å²) < 4.78 is 11.5. The summed E-state index contributed by atoms with van der Waals surface area (Å²) in [7, 11) is 0. The molecule has 14 heavy (non-hydrogen) atoms. The molecule has 2 fully saturated rings. The molecule has 74 valence electrons. The smallest absolute Gasteiger partial charge is 0.114 e. The Bertz CT molecular complexity index is 348. The average molecular weight is 190 g/mol. The minimum absolute atomic E-state index is 0.184. The zero-order valence-electron chi connectivity index (χ0n) is 8.27. The van der Waals surface area contributed by atoms with Gasteiger partial charge in [-0.05, 0) is 24.5 Å². The van der Waals surface area contributed by atoms with Crippen LogP contribution in [0.3, 0.4) is 0 Å². The second-order valence-corrected chi connectivity index (χ2v) is 4.08. The van der Waals surface area contributed by atoms with Crippen LogP contribution in [-0.2, 0) is 9.47 Å². The highest BCUT2D eigenvalue weighted by molar-refractivity contribution is 5.30. The van der Waals surface area contributed by atoms with Gasteiger partial charge in [0.2, 0.25) is 0 Å². The van der Waals surface area contributed by atoms with Gasteiger partial charge in [-0.1, -0.05) is 24.3 Å². The van der Waals surface area contributed by atoms with Crippen LogP contribution in [-0.4, -0.2) is 18.8 Å². The average Bonchev–Trinajstić information content (AvgIpc) is 2.52. The largest absolute Gasteiger partial charge is 0.372 e. The lowest BCUT2D eigenvalue weighted by Crippen LogP contribution is -2.44. The van der Waals surface area contributed by atoms with Crippen molar-refractivity contribution in [3.63, 3.8) is 0 Å². The maximum atomic E-state index is 5.80. The summed E-state index contributed by atoms with van der Waals surface area (Å²) in [5.41, 5.74) is 2.59. The molecule has 3 atom stereocenters. The molecule has 0 unspecified atom stereocenters. The van der Waals surface area contributed by atoms with E-state index < -0.39 is 0 Å². The molecule has 2 aliphatic heterocycles. The standard InChI is InChI=1S/C12H14O2/c1-8-4-2-3-5-9(8)11-12-10(14-11)6-7-13-12/h2-5,10-12H,6-7H2,1H3/t10-,11-,12-/m0/s1. The van der Waals surface area contributed by atoms with Gasteiger partial charge in [-0.25, -0.2) is 0 Å². The zero-order chi connectivity index (χ0) is 9.54. The number of hydrogen-bond acceptors (Lipinski definition) is 2. The first-order valence-corrected chi connectivity index (χ1v) is 5.19. The molecule has 2 aliphatic rings. The number of fused-ring (bicyclic) bond motifs is 1. The van der Waals surface area contributed by atoms with Gasteiger partial charge in [-0.2, -0.15) is 0 Å². The Morgan fingerprint density at radius 2 is 2.14 bits per heavy atom. The minimum atomic E-state index is 0.184. The van der Waals surface area contributed by atoms with E-state index in [-0.39, 0.29) is 6.10 Å². The van der Waals surface area contributed by atoms with Crippen LogP contribution in [0.15, 0.2) is 24.3 Å². The van der Waals surface area contributed by atoms with Crippen molar-refractivity contribution >= 4 is 0 Å². The van der Waals surface area contributed by atoms with Gasteiger partial charge in [0.15, 0.2) is 0 Å². The van der Waals surface area contributed by atoms with Crippen molar-refractivity contribution in [2.24, 2.45) is 0 Å². The zero-order valence-corrected chi connectivity index (χ0v) is 8.27. The van der Waals surface area contributed by atoms with Crippen LogP contribution < -0.4 is 0 Å². The highest BCUT2D eigenvalue weighted by Gasteiger charge is 2.47. The van der Waals surface area contributed by atoms with E-state index in [1.807, 2.05) is 0 Å². The highest BCUT2D eigenvalue weighted by Crippen LogP contribution is 2.43. The fourth-order valence-corrected chi connectivity index (χ4v) is 2.35. The predicted molar refractivity (Wildman–Crippen MR) is 53.2 cm³/mol. The van der Waals surface area contributed by atoms with E-state index >= 15 is 0 Å². The molecule has 2 saturated heterocycles. The van der Waals surface area contributed by atoms with Crippen molar-refractivity contribution in [2.45, 2.75) is 31.7 Å². The van der Waals surface area contributed by atoms with Crippen molar-refractivity contribution in [2.75, 3.05) is 6.61 Å². The first kappa shape index (κ1) is 8.45. The van der Waals surface area contributed by atoms with E-state index in [1.54, 1.807) is 0 Å². The summed E-state index contributed by atoms with van der Waals surface area (Å²) in [4.78, 5) is 0. The summed E-state index contributed by atoms with van der Waals surface area (Å²) in [6.07, 6.45) is 1.92. The van der Waals surface area contributed by atoms with Crippen LogP contribution in [0.2, 0.25) is 0 Å². The van der Waals surface area contributed by atoms with Gasteiger partial charge in [-0.3, -0.25) is 0 Å². The summed E-state index contributed by atoms with van der Waals surface area (Å²) in [5.74, 6) is 0. The van der Waals surface area contributed by atoms with E-state index in [9.17, 15) is 0 Å². The number of rotatable bonds is 1. The molecule has 0 aliphatic carbocycles. The van der Waals surface area contributed by atoms with Gasteiger partial charge in [-0.15, -0.1) is 0 Å². The van der Waals surface area contributed by atoms with E-state index in [0.29, 0.717) is 12.2 Å². The van der Waals surface area contributed by atoms with Gasteiger partial charge in [0, 0.05) is 6.61 Å². The Balaban J connectivity index is 1.87. The normalized spacial score (nSPS) is 35.1. The Labute approximate surface area is 83.8 Å². The van der Waals surface area contributed by atoms with Gasteiger partial charge in [0.1, 0.15) is 12.2 Å². The third-order valence-electron chi connectivity index (χ3n) is 3.19. The first-order valence-electron chi connectivity index (χ1n) is 5.19. The van der Waals surface area contributed by atoms with Crippen molar-refractivity contribution in [3.05, 3.63) is 35.4 Å². The molecule has 2 heteroatoms. The van der Waals surface area contributed by atoms with E-state index in [0.717, 1.165) is 13.0 Å². The summed E-state index contributed by atoms with van der Waals surface area (Å²) >= 11 is 0. The molecule has 1 aromatic rings. The number of aryl methyl sites for hydroxylation is 1. The molecule has 2 nitrogen and oxygen atoms in total. The fraction of sp³-hybridized carbons (Fsp3) is 0.500. The summed E-state index contributed by atoms with van der Waals surface area (Å²) in [5, 5.41) is 0. The number of benzene rings is 1. The lowest BCUT2D eigenvalue weighted by molar-refractivity contribution is -0.202. The molecule has 0 spiro atoms. The molecular formula is C12H14O2. The van der Waals surface area contributed by atoms with Crippen molar-refractivity contribution < 1.29 is 9.47 Å². The SMILES string of the molecule is Cc1ccccc1[C@@H]1O[C@H]2CCO[C@@H]21. The maximum Gasteiger partial charge on any atom is 0.114 e. The van der Waals surface area contributed by atoms with E-state index in [4.69, 9.17) is 9.47 Å². The van der Waals surface area contributed by atoms with Crippen LogP contribution in [0.1, 0.15) is 23.7 Å². The van der Waals surface area contributed by atoms with E-state index in [1.165, 1.54) is 11.1 Å². The topological polar surface area (TPSA) is 18.5 Å². The second-order valence-electron chi connectivity index (χ2n) is 4.08. The lowest BCUT2D eigenvalue weighted by atomic mass is 9.91. The van der Waals surface area contributed by atoms with Crippen LogP contribution in [0.25, 0.3) is 0 Å². The van der Waals surface area contributed by atoms with Crippen molar-refractivity contribution in [1.82, 2.24) is 0 Å². The molecule has 3 rings (SSSR count). The lowest BCUT2D eigenvalue weighted by Gasteiger charge is -2.40. The third-order valence-corrected chi connectivity index (χ3v) is 3.19. The molecule has 0 amide bonds. The Morgan fingerprint density at radius 1 is 1.29 bits per heavy atom. The van der Waals surface area contributed by atoms with Gasteiger partial charge in [0.05, 0.1) is 6.10 Å². The van der Waals surface area contributed by atoms with Crippen molar-refractivity contribution in [3.8, 4) is 0 Å². The van der Waals surface area contributed by atoms with Crippen LogP contribution >= 0.6 is 0 Å². The van der Waals surface area contributed by atoms with Crippen LogP contribution in [0, 0.1) is 6.92 Å². The number of hydrogen-bond donors (Lipinski definition) is 0. The van der Waals surface area contributed by atoms with E-state index in [2.05, 4.69) is 31.2 Å². The Kier molecular flexibility index (Phi) is 1.85. The molecule has 0 saturated carbocycles. The molecule has 1 aromatic carbocycles. The van der Waals surface area contributed by atoms with Gasteiger partial charge in [0.25, 0.3) is 0 Å². The fourth-order valence-electron chi connectivity index (χ4n) is 2.35. The molecule has 2 heterocycles. The Hall–Kier alpha value is -0.860. The summed E-state index contributed by atoms with van der Waals surface area (Å²) in [6, 6.07) is 8.39. The van der Waals surface area contributed by atoms with Crippen molar-refractivity contribution in [1.29, 1.82) is 0 Å². The number of ether oxygens (including phenoxy) is 2. The first-order chi connectivity index (χ1) is 6.86. The van der Waals surface area contributed by atoms with Crippen LogP contribution in [0.4, 0.5) is 0 Å². The quantitative estimate of drug-likeness (QED) is 0.676. The molecule has 0 bridgehead atoms.